The van der Waals surface area contributed by atoms with E-state index in [0.29, 0.717) is 6.04 Å². The summed E-state index contributed by atoms with van der Waals surface area (Å²) in [5.74, 6) is 2.01. The number of fused-ring (bicyclic) bond motifs is 1. The van der Waals surface area contributed by atoms with Gasteiger partial charge in [0.1, 0.15) is 29.9 Å². The molecule has 7 heteroatoms. The van der Waals surface area contributed by atoms with Crippen LogP contribution in [0.3, 0.4) is 0 Å². The van der Waals surface area contributed by atoms with Gasteiger partial charge in [-0.15, -0.1) is 0 Å². The van der Waals surface area contributed by atoms with Gasteiger partial charge in [0.2, 0.25) is 0 Å². The lowest BCUT2D eigenvalue weighted by Crippen LogP contribution is -2.44. The molecule has 0 aromatic carbocycles. The Morgan fingerprint density at radius 2 is 2.00 bits per heavy atom. The monoisotopic (exact) mass is 309 g/mol. The van der Waals surface area contributed by atoms with E-state index >= 15 is 0 Å². The molecule has 0 unspecified atom stereocenters. The van der Waals surface area contributed by atoms with Crippen LogP contribution in [0.5, 0.6) is 0 Å². The summed E-state index contributed by atoms with van der Waals surface area (Å²) in [7, 11) is 2.11. The molecular weight excluding hydrogens is 290 g/mol. The second-order valence-corrected chi connectivity index (χ2v) is 5.83. The molecule has 1 aliphatic rings. The van der Waals surface area contributed by atoms with Crippen LogP contribution in [0, 0.1) is 0 Å². The van der Waals surface area contributed by atoms with E-state index < -0.39 is 0 Å². The first-order chi connectivity index (χ1) is 11.3. The van der Waals surface area contributed by atoms with Crippen LogP contribution in [0.1, 0.15) is 12.8 Å². The lowest BCUT2D eigenvalue weighted by Gasteiger charge is -2.37. The summed E-state index contributed by atoms with van der Waals surface area (Å²) in [5.41, 5.74) is 0.898. The van der Waals surface area contributed by atoms with Gasteiger partial charge in [-0.05, 0) is 25.0 Å². The number of hydrogen-bond donors (Lipinski definition) is 1. The molecule has 4 heterocycles. The minimum absolute atomic E-state index is 0.490. The minimum Gasteiger partial charge on any atom is -0.356 e. The van der Waals surface area contributed by atoms with Crippen LogP contribution < -0.4 is 9.80 Å². The number of aromatic nitrogens is 5. The summed E-state index contributed by atoms with van der Waals surface area (Å²) in [6.07, 6.45) is 9.10. The number of piperidine rings is 1. The molecule has 1 fully saturated rings. The second kappa shape index (κ2) is 5.83. The summed E-state index contributed by atoms with van der Waals surface area (Å²) in [6, 6.07) is 4.49. The van der Waals surface area contributed by atoms with Crippen molar-refractivity contribution in [2.24, 2.45) is 0 Å². The molecule has 118 valence electrons. The third-order valence-electron chi connectivity index (χ3n) is 4.57. The highest BCUT2D eigenvalue weighted by atomic mass is 15.2. The standard InChI is InChI=1S/C16H19N7/c1-22(14-3-6-17-10-19-14)12-4-8-23(9-5-12)16-13-2-7-18-15(13)20-11-21-16/h2-3,6-7,10-12H,4-5,8-9H2,1H3,(H,18,20,21). The van der Waals surface area contributed by atoms with E-state index in [-0.39, 0.29) is 0 Å². The zero-order valence-corrected chi connectivity index (χ0v) is 13.1. The van der Waals surface area contributed by atoms with E-state index in [2.05, 4.69) is 41.8 Å². The third kappa shape index (κ3) is 2.58. The van der Waals surface area contributed by atoms with Crippen molar-refractivity contribution >= 4 is 22.7 Å². The summed E-state index contributed by atoms with van der Waals surface area (Å²) in [5, 5.41) is 1.09. The zero-order valence-electron chi connectivity index (χ0n) is 13.1. The van der Waals surface area contributed by atoms with Crippen LogP contribution in [0.4, 0.5) is 11.6 Å². The second-order valence-electron chi connectivity index (χ2n) is 5.83. The number of hydrogen-bond acceptors (Lipinski definition) is 6. The molecule has 3 aromatic rings. The number of nitrogens with zero attached hydrogens (tertiary/aromatic N) is 6. The Kier molecular flexibility index (Phi) is 3.53. The van der Waals surface area contributed by atoms with Gasteiger partial charge in [0.25, 0.3) is 0 Å². The molecule has 0 radical (unpaired) electrons. The molecular formula is C16H19N7. The van der Waals surface area contributed by atoms with E-state index in [4.69, 9.17) is 0 Å². The van der Waals surface area contributed by atoms with Gasteiger partial charge < -0.3 is 14.8 Å². The van der Waals surface area contributed by atoms with Crippen LogP contribution in [0.2, 0.25) is 0 Å². The fourth-order valence-corrected chi connectivity index (χ4v) is 3.26. The average Bonchev–Trinajstić information content (AvgIpc) is 3.11. The van der Waals surface area contributed by atoms with Crippen molar-refractivity contribution in [1.29, 1.82) is 0 Å². The van der Waals surface area contributed by atoms with Crippen molar-refractivity contribution < 1.29 is 0 Å². The Labute approximate surface area is 134 Å². The summed E-state index contributed by atoms with van der Waals surface area (Å²) in [4.78, 5) is 24.8. The first-order valence-corrected chi connectivity index (χ1v) is 7.85. The number of rotatable bonds is 3. The van der Waals surface area contributed by atoms with Crippen LogP contribution in [-0.2, 0) is 0 Å². The smallest absolute Gasteiger partial charge is 0.142 e. The van der Waals surface area contributed by atoms with Crippen molar-refractivity contribution in [1.82, 2.24) is 24.9 Å². The average molecular weight is 309 g/mol. The van der Waals surface area contributed by atoms with Crippen molar-refractivity contribution in [3.05, 3.63) is 37.2 Å². The van der Waals surface area contributed by atoms with Crippen molar-refractivity contribution in [3.63, 3.8) is 0 Å². The maximum absolute atomic E-state index is 4.49. The van der Waals surface area contributed by atoms with Gasteiger partial charge in [-0.3, -0.25) is 0 Å². The Hall–Kier alpha value is -2.70. The number of aromatic amines is 1. The van der Waals surface area contributed by atoms with Gasteiger partial charge in [-0.1, -0.05) is 0 Å². The van der Waals surface area contributed by atoms with Gasteiger partial charge in [-0.25, -0.2) is 19.9 Å². The highest BCUT2D eigenvalue weighted by molar-refractivity contribution is 5.87. The largest absolute Gasteiger partial charge is 0.356 e. The van der Waals surface area contributed by atoms with Crippen LogP contribution >= 0.6 is 0 Å². The third-order valence-corrected chi connectivity index (χ3v) is 4.57. The topological polar surface area (TPSA) is 73.8 Å². The SMILES string of the molecule is CN(c1ccncn1)C1CCN(c2ncnc3[nH]ccc23)CC1. The molecule has 0 bridgehead atoms. The van der Waals surface area contributed by atoms with Crippen molar-refractivity contribution in [2.45, 2.75) is 18.9 Å². The summed E-state index contributed by atoms with van der Waals surface area (Å²) >= 11 is 0. The minimum atomic E-state index is 0.490. The van der Waals surface area contributed by atoms with Crippen LogP contribution in [-0.4, -0.2) is 51.1 Å². The quantitative estimate of drug-likeness (QED) is 0.796. The van der Waals surface area contributed by atoms with E-state index in [1.54, 1.807) is 18.9 Å². The fourth-order valence-electron chi connectivity index (χ4n) is 3.26. The fraction of sp³-hybridized carbons (Fsp3) is 0.375. The molecule has 1 saturated heterocycles. The Balaban J connectivity index is 1.48. The first-order valence-electron chi connectivity index (χ1n) is 7.85. The lowest BCUT2D eigenvalue weighted by atomic mass is 10.0. The Morgan fingerprint density at radius 3 is 2.78 bits per heavy atom. The van der Waals surface area contributed by atoms with Gasteiger partial charge in [0, 0.05) is 38.6 Å². The van der Waals surface area contributed by atoms with E-state index in [1.165, 1.54) is 0 Å². The molecule has 0 aliphatic carbocycles. The Bertz CT molecular complexity index is 777. The molecule has 1 aliphatic heterocycles. The predicted octanol–water partition coefficient (Wildman–Crippen LogP) is 1.85. The summed E-state index contributed by atoms with van der Waals surface area (Å²) < 4.78 is 0. The number of anilines is 2. The van der Waals surface area contributed by atoms with E-state index in [0.717, 1.165) is 48.6 Å². The molecule has 0 saturated carbocycles. The normalized spacial score (nSPS) is 16.0. The van der Waals surface area contributed by atoms with E-state index in [1.807, 2.05) is 18.3 Å². The molecule has 3 aromatic heterocycles. The van der Waals surface area contributed by atoms with Crippen molar-refractivity contribution in [3.8, 4) is 0 Å². The van der Waals surface area contributed by atoms with Crippen LogP contribution in [0.25, 0.3) is 11.0 Å². The van der Waals surface area contributed by atoms with Crippen LogP contribution in [0.15, 0.2) is 37.2 Å². The molecule has 1 N–H and O–H groups in total. The first kappa shape index (κ1) is 13.9. The molecule has 0 atom stereocenters. The summed E-state index contributed by atoms with van der Waals surface area (Å²) in [6.45, 7) is 1.97. The zero-order chi connectivity index (χ0) is 15.6. The van der Waals surface area contributed by atoms with Crippen molar-refractivity contribution in [2.75, 3.05) is 29.9 Å². The molecule has 0 amide bonds. The maximum atomic E-state index is 4.49. The molecule has 0 spiro atoms. The van der Waals surface area contributed by atoms with Gasteiger partial charge >= 0.3 is 0 Å². The molecule has 4 rings (SSSR count). The van der Waals surface area contributed by atoms with E-state index in [9.17, 15) is 0 Å². The maximum Gasteiger partial charge on any atom is 0.142 e. The predicted molar refractivity (Wildman–Crippen MR) is 89.6 cm³/mol. The number of nitrogens with one attached hydrogen (secondary N) is 1. The highest BCUT2D eigenvalue weighted by Crippen LogP contribution is 2.27. The molecule has 23 heavy (non-hydrogen) atoms. The van der Waals surface area contributed by atoms with Gasteiger partial charge in [0.05, 0.1) is 5.39 Å². The lowest BCUT2D eigenvalue weighted by molar-refractivity contribution is 0.478. The number of H-pyrrole nitrogens is 1. The highest BCUT2D eigenvalue weighted by Gasteiger charge is 2.25. The Morgan fingerprint density at radius 1 is 1.13 bits per heavy atom. The molecule has 7 nitrogen and oxygen atoms in total. The van der Waals surface area contributed by atoms with Gasteiger partial charge in [-0.2, -0.15) is 0 Å². The van der Waals surface area contributed by atoms with Gasteiger partial charge in [0.15, 0.2) is 0 Å².